The molecule has 1 aliphatic heterocycles. The van der Waals surface area contributed by atoms with E-state index in [0.29, 0.717) is 6.04 Å². The van der Waals surface area contributed by atoms with Crippen molar-refractivity contribution in [2.24, 2.45) is 0 Å². The normalized spacial score (nSPS) is 18.1. The Bertz CT molecular complexity index is 438. The van der Waals surface area contributed by atoms with Crippen molar-refractivity contribution in [2.75, 3.05) is 19.6 Å². The van der Waals surface area contributed by atoms with Crippen LogP contribution in [0.25, 0.3) is 0 Å². The van der Waals surface area contributed by atoms with E-state index in [9.17, 15) is 0 Å². The van der Waals surface area contributed by atoms with Gasteiger partial charge in [-0.3, -0.25) is 4.90 Å². The van der Waals surface area contributed by atoms with Gasteiger partial charge in [0.15, 0.2) is 0 Å². The highest BCUT2D eigenvalue weighted by atomic mass is 15.2. The fourth-order valence-electron chi connectivity index (χ4n) is 3.72. The number of benzene rings is 1. The van der Waals surface area contributed by atoms with Gasteiger partial charge in [-0.05, 0) is 72.2 Å². The minimum absolute atomic E-state index is 0.159. The summed E-state index contributed by atoms with van der Waals surface area (Å²) in [5.41, 5.74) is 4.33. The molecule has 0 amide bonds. The van der Waals surface area contributed by atoms with E-state index < -0.39 is 0 Å². The molecule has 0 radical (unpaired) electrons. The smallest absolute Gasteiger partial charge is 0.0502 e. The van der Waals surface area contributed by atoms with Crippen LogP contribution in [-0.2, 0) is 0 Å². The van der Waals surface area contributed by atoms with Crippen LogP contribution in [-0.4, -0.2) is 30.1 Å². The van der Waals surface area contributed by atoms with E-state index in [1.54, 1.807) is 0 Å². The Labute approximate surface area is 130 Å². The highest BCUT2D eigenvalue weighted by Crippen LogP contribution is 2.34. The number of hydrogen-bond acceptors (Lipinski definition) is 2. The maximum absolute atomic E-state index is 3.82. The summed E-state index contributed by atoms with van der Waals surface area (Å²) in [5.74, 6) is 0. The first kappa shape index (κ1) is 16.5. The molecule has 2 heteroatoms. The van der Waals surface area contributed by atoms with Gasteiger partial charge in [0.05, 0.1) is 6.04 Å². The Morgan fingerprint density at radius 1 is 1.10 bits per heavy atom. The topological polar surface area (TPSA) is 15.3 Å². The zero-order valence-electron chi connectivity index (χ0n) is 14.5. The standard InChI is InChI=1S/C19H32N2/c1-6-9-20-18(17-13-15(2)12-16(3)14-17)19(4,5)21-10-7-8-11-21/h12-14,18,20H,6-11H2,1-5H3. The summed E-state index contributed by atoms with van der Waals surface area (Å²) in [4.78, 5) is 2.66. The van der Waals surface area contributed by atoms with E-state index in [1.165, 1.54) is 49.0 Å². The molecule has 1 aromatic carbocycles. The largest absolute Gasteiger partial charge is 0.308 e. The third-order valence-corrected chi connectivity index (χ3v) is 4.80. The van der Waals surface area contributed by atoms with Gasteiger partial charge in [-0.25, -0.2) is 0 Å². The van der Waals surface area contributed by atoms with Crippen LogP contribution in [0.4, 0.5) is 0 Å². The van der Waals surface area contributed by atoms with E-state index in [4.69, 9.17) is 0 Å². The lowest BCUT2D eigenvalue weighted by Gasteiger charge is -2.43. The molecule has 1 heterocycles. The van der Waals surface area contributed by atoms with Crippen molar-refractivity contribution >= 4 is 0 Å². The highest BCUT2D eigenvalue weighted by molar-refractivity contribution is 5.32. The molecule has 0 aromatic heterocycles. The van der Waals surface area contributed by atoms with Gasteiger partial charge in [0.2, 0.25) is 0 Å². The molecule has 1 fully saturated rings. The van der Waals surface area contributed by atoms with E-state index >= 15 is 0 Å². The van der Waals surface area contributed by atoms with Crippen LogP contribution in [0.2, 0.25) is 0 Å². The van der Waals surface area contributed by atoms with Gasteiger partial charge >= 0.3 is 0 Å². The fourth-order valence-corrected chi connectivity index (χ4v) is 3.72. The van der Waals surface area contributed by atoms with E-state index in [2.05, 4.69) is 63.0 Å². The minimum Gasteiger partial charge on any atom is -0.308 e. The Kier molecular flexibility index (Phi) is 5.45. The van der Waals surface area contributed by atoms with Crippen molar-refractivity contribution in [1.29, 1.82) is 0 Å². The number of rotatable bonds is 6. The van der Waals surface area contributed by atoms with Gasteiger partial charge in [0.25, 0.3) is 0 Å². The van der Waals surface area contributed by atoms with Crippen molar-refractivity contribution in [3.63, 3.8) is 0 Å². The third-order valence-electron chi connectivity index (χ3n) is 4.80. The van der Waals surface area contributed by atoms with Crippen molar-refractivity contribution in [3.05, 3.63) is 34.9 Å². The lowest BCUT2D eigenvalue weighted by atomic mass is 9.85. The molecule has 2 rings (SSSR count). The Morgan fingerprint density at radius 3 is 2.19 bits per heavy atom. The van der Waals surface area contributed by atoms with Gasteiger partial charge in [0.1, 0.15) is 0 Å². The van der Waals surface area contributed by atoms with Gasteiger partial charge in [-0.15, -0.1) is 0 Å². The van der Waals surface area contributed by atoms with Crippen molar-refractivity contribution in [1.82, 2.24) is 10.2 Å². The lowest BCUT2D eigenvalue weighted by molar-refractivity contribution is 0.107. The maximum atomic E-state index is 3.82. The molecule has 1 aliphatic rings. The van der Waals surface area contributed by atoms with Crippen molar-refractivity contribution < 1.29 is 0 Å². The zero-order valence-corrected chi connectivity index (χ0v) is 14.5. The summed E-state index contributed by atoms with van der Waals surface area (Å²) >= 11 is 0. The first-order valence-corrected chi connectivity index (χ1v) is 8.51. The predicted octanol–water partition coefficient (Wildman–Crippen LogP) is 4.22. The van der Waals surface area contributed by atoms with Gasteiger partial charge in [-0.2, -0.15) is 0 Å². The summed E-state index contributed by atoms with van der Waals surface area (Å²) in [6.07, 6.45) is 3.87. The summed E-state index contributed by atoms with van der Waals surface area (Å²) in [7, 11) is 0. The molecular weight excluding hydrogens is 256 g/mol. The van der Waals surface area contributed by atoms with Crippen molar-refractivity contribution in [3.8, 4) is 0 Å². The highest BCUT2D eigenvalue weighted by Gasteiger charge is 2.37. The Hall–Kier alpha value is -0.860. The summed E-state index contributed by atoms with van der Waals surface area (Å²) in [5, 5.41) is 3.82. The van der Waals surface area contributed by atoms with Crippen LogP contribution in [0.3, 0.4) is 0 Å². The Balaban J connectivity index is 2.32. The fraction of sp³-hybridized carbons (Fsp3) is 0.684. The van der Waals surface area contributed by atoms with Crippen molar-refractivity contribution in [2.45, 2.75) is 65.5 Å². The molecule has 1 N–H and O–H groups in total. The second-order valence-electron chi connectivity index (χ2n) is 7.16. The summed E-state index contributed by atoms with van der Waals surface area (Å²) in [6.45, 7) is 15.0. The molecule has 118 valence electrons. The molecule has 1 saturated heterocycles. The van der Waals surface area contributed by atoms with E-state index in [0.717, 1.165) is 6.54 Å². The van der Waals surface area contributed by atoms with Gasteiger partial charge in [-0.1, -0.05) is 36.2 Å². The molecule has 21 heavy (non-hydrogen) atoms. The molecule has 0 spiro atoms. The number of nitrogens with zero attached hydrogens (tertiary/aromatic N) is 1. The molecule has 0 aliphatic carbocycles. The molecule has 1 unspecified atom stereocenters. The minimum atomic E-state index is 0.159. The van der Waals surface area contributed by atoms with Crippen LogP contribution in [0, 0.1) is 13.8 Å². The Morgan fingerprint density at radius 2 is 1.67 bits per heavy atom. The average molecular weight is 288 g/mol. The third kappa shape index (κ3) is 3.87. The second-order valence-corrected chi connectivity index (χ2v) is 7.16. The molecule has 2 nitrogen and oxygen atoms in total. The molecule has 0 saturated carbocycles. The van der Waals surface area contributed by atoms with Crippen LogP contribution in [0.1, 0.15) is 62.8 Å². The van der Waals surface area contributed by atoms with Crippen LogP contribution < -0.4 is 5.32 Å². The first-order valence-electron chi connectivity index (χ1n) is 8.51. The SMILES string of the molecule is CCCNC(c1cc(C)cc(C)c1)C(C)(C)N1CCCC1. The second kappa shape index (κ2) is 6.93. The monoisotopic (exact) mass is 288 g/mol. The molecule has 0 bridgehead atoms. The molecule has 1 atom stereocenters. The van der Waals surface area contributed by atoms with Crippen LogP contribution in [0.5, 0.6) is 0 Å². The number of nitrogens with one attached hydrogen (secondary N) is 1. The van der Waals surface area contributed by atoms with Crippen LogP contribution >= 0.6 is 0 Å². The quantitative estimate of drug-likeness (QED) is 0.843. The number of hydrogen-bond donors (Lipinski definition) is 1. The number of likely N-dealkylation sites (tertiary alicyclic amines) is 1. The van der Waals surface area contributed by atoms with E-state index in [1.807, 2.05) is 0 Å². The summed E-state index contributed by atoms with van der Waals surface area (Å²) < 4.78 is 0. The van der Waals surface area contributed by atoms with Gasteiger partial charge < -0.3 is 5.32 Å². The summed E-state index contributed by atoms with van der Waals surface area (Å²) in [6, 6.07) is 7.38. The zero-order chi connectivity index (χ0) is 15.5. The van der Waals surface area contributed by atoms with Gasteiger partial charge in [0, 0.05) is 5.54 Å². The van der Waals surface area contributed by atoms with E-state index in [-0.39, 0.29) is 5.54 Å². The lowest BCUT2D eigenvalue weighted by Crippen LogP contribution is -2.51. The molecule has 1 aromatic rings. The first-order chi connectivity index (χ1) is 9.95. The molecular formula is C19H32N2. The maximum Gasteiger partial charge on any atom is 0.0502 e. The predicted molar refractivity (Wildman–Crippen MR) is 91.8 cm³/mol. The van der Waals surface area contributed by atoms with Crippen LogP contribution in [0.15, 0.2) is 18.2 Å². The average Bonchev–Trinajstić information content (AvgIpc) is 2.92. The number of aryl methyl sites for hydroxylation is 2.